The summed E-state index contributed by atoms with van der Waals surface area (Å²) in [5.41, 5.74) is -0.480. The van der Waals surface area contributed by atoms with Crippen LogP contribution in [0.4, 0.5) is 15.8 Å². The number of nitro groups is 1. The Morgan fingerprint density at radius 2 is 2.19 bits per heavy atom. The molecule has 0 radical (unpaired) electrons. The average molecular weight is 297 g/mol. The highest BCUT2D eigenvalue weighted by molar-refractivity contribution is 5.84. The number of nitro benzene ring substituents is 1. The minimum absolute atomic E-state index is 0.0177. The third-order valence-electron chi connectivity index (χ3n) is 3.15. The van der Waals surface area contributed by atoms with E-state index in [0.29, 0.717) is 0 Å². The van der Waals surface area contributed by atoms with Gasteiger partial charge in [-0.1, -0.05) is 0 Å². The van der Waals surface area contributed by atoms with Crippen LogP contribution in [0.5, 0.6) is 5.75 Å². The van der Waals surface area contributed by atoms with Crippen LogP contribution in [-0.4, -0.2) is 30.0 Å². The average Bonchev–Trinajstić information content (AvgIpc) is 3.24. The van der Waals surface area contributed by atoms with Crippen LogP contribution >= 0.6 is 0 Å². The van der Waals surface area contributed by atoms with Gasteiger partial charge in [0.15, 0.2) is 11.6 Å². The van der Waals surface area contributed by atoms with E-state index in [1.807, 2.05) is 0 Å². The molecule has 1 saturated carbocycles. The topological polar surface area (TPSA) is 93.5 Å². The molecule has 8 heteroatoms. The number of hydrogen-bond donors (Lipinski definition) is 2. The summed E-state index contributed by atoms with van der Waals surface area (Å²) >= 11 is 0. The molecule has 1 unspecified atom stereocenters. The number of amides is 1. The van der Waals surface area contributed by atoms with Gasteiger partial charge in [-0.2, -0.15) is 0 Å². The van der Waals surface area contributed by atoms with Gasteiger partial charge in [-0.15, -0.1) is 0 Å². The summed E-state index contributed by atoms with van der Waals surface area (Å²) in [5, 5.41) is 16.3. The van der Waals surface area contributed by atoms with Gasteiger partial charge in [0, 0.05) is 12.1 Å². The third-order valence-corrected chi connectivity index (χ3v) is 3.15. The summed E-state index contributed by atoms with van der Waals surface area (Å²) < 4.78 is 18.7. The molecule has 1 aromatic carbocycles. The molecule has 0 heterocycles. The lowest BCUT2D eigenvalue weighted by Gasteiger charge is -2.16. The second kappa shape index (κ2) is 5.94. The van der Waals surface area contributed by atoms with Crippen LogP contribution in [0.25, 0.3) is 0 Å². The normalized spacial score (nSPS) is 15.2. The molecule has 0 saturated heterocycles. The predicted molar refractivity (Wildman–Crippen MR) is 73.9 cm³/mol. The summed E-state index contributed by atoms with van der Waals surface area (Å²) in [6, 6.07) is 1.49. The molecule has 7 nitrogen and oxygen atoms in total. The lowest BCUT2D eigenvalue weighted by molar-refractivity contribution is -0.385. The number of carbonyl (C=O) groups excluding carboxylic acids is 1. The van der Waals surface area contributed by atoms with Crippen molar-refractivity contribution in [3.05, 3.63) is 28.1 Å². The molecule has 0 bridgehead atoms. The number of rotatable bonds is 6. The largest absolute Gasteiger partial charge is 0.490 e. The molecule has 1 atom stereocenters. The Balaban J connectivity index is 2.15. The van der Waals surface area contributed by atoms with Crippen LogP contribution in [0.3, 0.4) is 0 Å². The molecule has 0 spiro atoms. The van der Waals surface area contributed by atoms with Gasteiger partial charge in [0.25, 0.3) is 0 Å². The van der Waals surface area contributed by atoms with Crippen molar-refractivity contribution in [3.63, 3.8) is 0 Å². The smallest absolute Gasteiger partial charge is 0.313 e. The van der Waals surface area contributed by atoms with Crippen molar-refractivity contribution in [1.29, 1.82) is 0 Å². The minimum Gasteiger partial charge on any atom is -0.490 e. The fourth-order valence-corrected chi connectivity index (χ4v) is 1.81. The molecular formula is C13H16FN3O4. The fourth-order valence-electron chi connectivity index (χ4n) is 1.81. The maximum absolute atomic E-state index is 13.9. The van der Waals surface area contributed by atoms with E-state index < -0.39 is 22.5 Å². The molecule has 2 rings (SSSR count). The van der Waals surface area contributed by atoms with E-state index >= 15 is 0 Å². The van der Waals surface area contributed by atoms with E-state index in [4.69, 9.17) is 4.74 Å². The zero-order valence-corrected chi connectivity index (χ0v) is 11.7. The highest BCUT2D eigenvalue weighted by Crippen LogP contribution is 2.32. The molecule has 1 aliphatic carbocycles. The van der Waals surface area contributed by atoms with Gasteiger partial charge in [0.1, 0.15) is 6.04 Å². The number of halogens is 1. The van der Waals surface area contributed by atoms with Crippen LogP contribution in [0, 0.1) is 15.9 Å². The Kier molecular flexibility index (Phi) is 4.25. The molecule has 1 aromatic rings. The van der Waals surface area contributed by atoms with E-state index in [0.717, 1.165) is 18.9 Å². The SMILES string of the molecule is COc1cc(NC(C)C(=O)NC2CC2)c(F)cc1[N+](=O)[O-]. The van der Waals surface area contributed by atoms with E-state index in [1.165, 1.54) is 13.2 Å². The number of carbonyl (C=O) groups is 1. The molecule has 21 heavy (non-hydrogen) atoms. The molecule has 2 N–H and O–H groups in total. The van der Waals surface area contributed by atoms with Crippen molar-refractivity contribution in [2.75, 3.05) is 12.4 Å². The number of methoxy groups -OCH3 is 1. The van der Waals surface area contributed by atoms with Crippen molar-refractivity contribution in [2.24, 2.45) is 0 Å². The highest BCUT2D eigenvalue weighted by Gasteiger charge is 2.26. The maximum atomic E-state index is 13.9. The quantitative estimate of drug-likeness (QED) is 0.617. The van der Waals surface area contributed by atoms with Gasteiger partial charge in [0.2, 0.25) is 5.91 Å². The number of anilines is 1. The third kappa shape index (κ3) is 3.59. The van der Waals surface area contributed by atoms with E-state index in [9.17, 15) is 19.3 Å². The van der Waals surface area contributed by atoms with Crippen molar-refractivity contribution >= 4 is 17.3 Å². The molecule has 1 fully saturated rings. The molecule has 0 aromatic heterocycles. The Hall–Kier alpha value is -2.38. The van der Waals surface area contributed by atoms with Gasteiger partial charge in [-0.25, -0.2) is 4.39 Å². The molecule has 0 aliphatic heterocycles. The van der Waals surface area contributed by atoms with E-state index in [-0.39, 0.29) is 23.4 Å². The minimum atomic E-state index is -0.812. The molecular weight excluding hydrogens is 281 g/mol. The van der Waals surface area contributed by atoms with Crippen LogP contribution in [0.1, 0.15) is 19.8 Å². The van der Waals surface area contributed by atoms with Crippen molar-refractivity contribution < 1.29 is 18.8 Å². The number of hydrogen-bond acceptors (Lipinski definition) is 5. The Morgan fingerprint density at radius 1 is 1.52 bits per heavy atom. The van der Waals surface area contributed by atoms with Gasteiger partial charge in [0.05, 0.1) is 23.8 Å². The summed E-state index contributed by atoms with van der Waals surface area (Å²) in [6.45, 7) is 1.59. The van der Waals surface area contributed by atoms with Crippen LogP contribution in [0.15, 0.2) is 12.1 Å². The maximum Gasteiger partial charge on any atom is 0.313 e. The zero-order valence-electron chi connectivity index (χ0n) is 11.7. The second-order valence-corrected chi connectivity index (χ2v) is 4.91. The van der Waals surface area contributed by atoms with Crippen LogP contribution in [0.2, 0.25) is 0 Å². The second-order valence-electron chi connectivity index (χ2n) is 4.91. The van der Waals surface area contributed by atoms with Gasteiger partial charge in [-0.3, -0.25) is 14.9 Å². The summed E-state index contributed by atoms with van der Waals surface area (Å²) in [5.74, 6) is -1.12. The van der Waals surface area contributed by atoms with E-state index in [1.54, 1.807) is 6.92 Å². The first-order valence-electron chi connectivity index (χ1n) is 6.51. The standard InChI is InChI=1S/C13H16FN3O4/c1-7(13(18)16-8-3-4-8)15-10-6-12(21-2)11(17(19)20)5-9(10)14/h5-8,15H,3-4H2,1-2H3,(H,16,18). The zero-order chi connectivity index (χ0) is 15.6. The number of nitrogens with zero attached hydrogens (tertiary/aromatic N) is 1. The van der Waals surface area contributed by atoms with Crippen molar-refractivity contribution in [2.45, 2.75) is 31.8 Å². The lowest BCUT2D eigenvalue weighted by Crippen LogP contribution is -2.38. The van der Waals surface area contributed by atoms with Crippen LogP contribution in [-0.2, 0) is 4.79 Å². The van der Waals surface area contributed by atoms with Crippen molar-refractivity contribution in [3.8, 4) is 5.75 Å². The van der Waals surface area contributed by atoms with E-state index in [2.05, 4.69) is 10.6 Å². The summed E-state index contributed by atoms with van der Waals surface area (Å²) in [7, 11) is 1.26. The number of ether oxygens (including phenoxy) is 1. The predicted octanol–water partition coefficient (Wildman–Crippen LogP) is 1.82. The first-order chi connectivity index (χ1) is 9.92. The summed E-state index contributed by atoms with van der Waals surface area (Å²) in [6.07, 6.45) is 1.91. The van der Waals surface area contributed by atoms with Gasteiger partial charge < -0.3 is 15.4 Å². The summed E-state index contributed by atoms with van der Waals surface area (Å²) in [4.78, 5) is 21.9. The highest BCUT2D eigenvalue weighted by atomic mass is 19.1. The monoisotopic (exact) mass is 297 g/mol. The van der Waals surface area contributed by atoms with Gasteiger partial charge >= 0.3 is 5.69 Å². The lowest BCUT2D eigenvalue weighted by atomic mass is 10.2. The molecule has 1 aliphatic rings. The molecule has 1 amide bonds. The molecule has 114 valence electrons. The Labute approximate surface area is 120 Å². The Bertz CT molecular complexity index is 575. The van der Waals surface area contributed by atoms with Crippen LogP contribution < -0.4 is 15.4 Å². The Morgan fingerprint density at radius 3 is 2.71 bits per heavy atom. The van der Waals surface area contributed by atoms with Gasteiger partial charge in [-0.05, 0) is 19.8 Å². The first kappa shape index (κ1) is 15.0. The fraction of sp³-hybridized carbons (Fsp3) is 0.462. The number of benzene rings is 1. The first-order valence-corrected chi connectivity index (χ1v) is 6.51. The number of nitrogens with one attached hydrogen (secondary N) is 2. The van der Waals surface area contributed by atoms with Crippen molar-refractivity contribution in [1.82, 2.24) is 5.32 Å².